The molecule has 0 amide bonds. The van der Waals surface area contributed by atoms with Crippen LogP contribution in [-0.2, 0) is 14.0 Å². The van der Waals surface area contributed by atoms with Crippen LogP contribution in [0.15, 0.2) is 18.2 Å². The maximum Gasteiger partial charge on any atom is 0.497 e. The minimum absolute atomic E-state index is 0.134. The van der Waals surface area contributed by atoms with Crippen molar-refractivity contribution in [1.29, 1.82) is 0 Å². The average molecular weight is 406 g/mol. The Morgan fingerprint density at radius 1 is 1.18 bits per heavy atom. The molecular formula is C20H35BN2O4Si. The van der Waals surface area contributed by atoms with Crippen LogP contribution in [-0.4, -0.2) is 53.4 Å². The molecule has 0 spiro atoms. The summed E-state index contributed by atoms with van der Waals surface area (Å²) in [4.78, 5) is 2.00. The third-order valence-electron chi connectivity index (χ3n) is 6.11. The predicted octanol–water partition coefficient (Wildman–Crippen LogP) is 3.51. The van der Waals surface area contributed by atoms with Crippen molar-refractivity contribution in [3.8, 4) is 0 Å². The Kier molecular flexibility index (Phi) is 5.53. The molecule has 1 aromatic rings. The number of para-hydroxylation sites is 1. The molecule has 0 aliphatic carbocycles. The minimum Gasteiger partial charge on any atom is -0.624 e. The molecule has 1 saturated heterocycles. The number of fused-ring (bicyclic) bond motifs is 1. The van der Waals surface area contributed by atoms with Crippen LogP contribution in [0.1, 0.15) is 27.7 Å². The fraction of sp³-hybridized carbons (Fsp3) is 0.700. The molecule has 1 fully saturated rings. The van der Waals surface area contributed by atoms with E-state index in [9.17, 15) is 5.21 Å². The van der Waals surface area contributed by atoms with Crippen LogP contribution >= 0.6 is 0 Å². The zero-order valence-corrected chi connectivity index (χ0v) is 19.7. The summed E-state index contributed by atoms with van der Waals surface area (Å²) in [5, 5.41) is 13.6. The SMILES string of the molecule is CN1C[N+]([O-])(COCC[Si](C)(C)C)c2cccc(B3OC(C)(C)C(C)(C)O3)c21. The van der Waals surface area contributed by atoms with Gasteiger partial charge >= 0.3 is 7.12 Å². The van der Waals surface area contributed by atoms with Gasteiger partial charge in [-0.05, 0) is 33.7 Å². The normalized spacial score (nSPS) is 26.0. The highest BCUT2D eigenvalue weighted by Crippen LogP contribution is 2.42. The first-order valence-corrected chi connectivity index (χ1v) is 13.8. The van der Waals surface area contributed by atoms with Crippen LogP contribution in [0.25, 0.3) is 0 Å². The zero-order valence-electron chi connectivity index (χ0n) is 18.7. The number of anilines is 1. The predicted molar refractivity (Wildman–Crippen MR) is 120 cm³/mol. The minimum atomic E-state index is -1.18. The van der Waals surface area contributed by atoms with Crippen molar-refractivity contribution < 1.29 is 14.0 Å². The number of hydroxylamine groups is 2. The summed E-state index contributed by atoms with van der Waals surface area (Å²) in [5.74, 6) is 0. The first kappa shape index (κ1) is 21.8. The zero-order chi connectivity index (χ0) is 21.0. The summed E-state index contributed by atoms with van der Waals surface area (Å²) in [5.41, 5.74) is 1.71. The Hall–Kier alpha value is -0.898. The first-order valence-electron chi connectivity index (χ1n) is 10.1. The van der Waals surface area contributed by atoms with Crippen LogP contribution in [0.4, 0.5) is 11.4 Å². The first-order chi connectivity index (χ1) is 12.8. The van der Waals surface area contributed by atoms with Gasteiger partial charge in [0.1, 0.15) is 5.69 Å². The van der Waals surface area contributed by atoms with Crippen LogP contribution in [0.5, 0.6) is 0 Å². The Morgan fingerprint density at radius 2 is 1.79 bits per heavy atom. The van der Waals surface area contributed by atoms with Gasteiger partial charge in [0.15, 0.2) is 19.1 Å². The number of hydrogen-bond acceptors (Lipinski definition) is 5. The van der Waals surface area contributed by atoms with Crippen molar-refractivity contribution in [2.45, 2.75) is 64.6 Å². The van der Waals surface area contributed by atoms with Gasteiger partial charge in [0.05, 0.1) is 17.8 Å². The molecule has 1 aromatic carbocycles. The number of ether oxygens (including phenoxy) is 1. The van der Waals surface area contributed by atoms with Gasteiger partial charge in [-0.3, -0.25) is 4.65 Å². The number of nitrogens with zero attached hydrogens (tertiary/aromatic N) is 2. The van der Waals surface area contributed by atoms with Crippen LogP contribution < -0.4 is 15.0 Å². The molecule has 0 radical (unpaired) electrons. The lowest BCUT2D eigenvalue weighted by molar-refractivity contribution is 0.00578. The van der Waals surface area contributed by atoms with Crippen molar-refractivity contribution in [3.05, 3.63) is 23.4 Å². The fourth-order valence-electron chi connectivity index (χ4n) is 3.64. The molecular weight excluding hydrogens is 371 g/mol. The van der Waals surface area contributed by atoms with Crippen molar-refractivity contribution >= 4 is 32.0 Å². The summed E-state index contributed by atoms with van der Waals surface area (Å²) < 4.78 is 17.8. The Bertz CT molecular complexity index is 721. The lowest BCUT2D eigenvalue weighted by Crippen LogP contribution is -2.46. The van der Waals surface area contributed by atoms with Gasteiger partial charge in [-0.25, -0.2) is 0 Å². The van der Waals surface area contributed by atoms with Crippen LogP contribution in [0, 0.1) is 5.21 Å². The molecule has 0 saturated carbocycles. The summed E-state index contributed by atoms with van der Waals surface area (Å²) in [6.45, 7) is 16.2. The van der Waals surface area contributed by atoms with E-state index < -0.39 is 31.0 Å². The number of hydrogen-bond donors (Lipinski definition) is 0. The maximum atomic E-state index is 13.6. The lowest BCUT2D eigenvalue weighted by Gasteiger charge is -2.37. The molecule has 3 rings (SSSR count). The average Bonchev–Trinajstić information content (AvgIpc) is 2.93. The van der Waals surface area contributed by atoms with E-state index in [2.05, 4.69) is 19.6 Å². The number of rotatable bonds is 6. The molecule has 2 aliphatic heterocycles. The van der Waals surface area contributed by atoms with Gasteiger partial charge in [-0.1, -0.05) is 31.8 Å². The molecule has 156 valence electrons. The van der Waals surface area contributed by atoms with Crippen molar-refractivity contribution in [2.24, 2.45) is 0 Å². The second-order valence-corrected chi connectivity index (χ2v) is 16.0. The summed E-state index contributed by atoms with van der Waals surface area (Å²) >= 11 is 0. The van der Waals surface area contributed by atoms with E-state index in [1.807, 2.05) is 57.8 Å². The lowest BCUT2D eigenvalue weighted by atomic mass is 9.77. The molecule has 0 bridgehead atoms. The Labute approximate surface area is 171 Å². The molecule has 1 atom stereocenters. The third kappa shape index (κ3) is 4.04. The van der Waals surface area contributed by atoms with Gasteiger partial charge < -0.3 is 24.2 Å². The molecule has 28 heavy (non-hydrogen) atoms. The van der Waals surface area contributed by atoms with E-state index in [-0.39, 0.29) is 6.73 Å². The van der Waals surface area contributed by atoms with Crippen molar-refractivity contribution in [2.75, 3.05) is 32.0 Å². The smallest absolute Gasteiger partial charge is 0.497 e. The van der Waals surface area contributed by atoms with Crippen molar-refractivity contribution in [3.63, 3.8) is 0 Å². The fourth-order valence-corrected chi connectivity index (χ4v) is 4.40. The van der Waals surface area contributed by atoms with Crippen molar-refractivity contribution in [1.82, 2.24) is 4.65 Å². The van der Waals surface area contributed by atoms with Crippen LogP contribution in [0.3, 0.4) is 0 Å². The second-order valence-electron chi connectivity index (χ2n) is 10.4. The van der Waals surface area contributed by atoms with Gasteiger partial charge in [-0.2, -0.15) is 0 Å². The molecule has 2 aliphatic rings. The van der Waals surface area contributed by atoms with E-state index in [0.717, 1.165) is 22.9 Å². The highest BCUT2D eigenvalue weighted by molar-refractivity contribution is 6.76. The quantitative estimate of drug-likeness (QED) is 0.313. The van der Waals surface area contributed by atoms with E-state index in [1.54, 1.807) is 0 Å². The highest BCUT2D eigenvalue weighted by atomic mass is 28.3. The summed E-state index contributed by atoms with van der Waals surface area (Å²) in [7, 11) is 0.292. The van der Waals surface area contributed by atoms with Gasteiger partial charge in [0.2, 0.25) is 0 Å². The molecule has 2 heterocycles. The number of benzene rings is 1. The van der Waals surface area contributed by atoms with Crippen LogP contribution in [0.2, 0.25) is 25.7 Å². The monoisotopic (exact) mass is 406 g/mol. The third-order valence-corrected chi connectivity index (χ3v) is 7.81. The standard InChI is InChI=1S/C20H35BN2O4Si/c1-19(2)20(3,4)27-21(26-19)16-10-9-11-17-18(16)22(5)14-23(17,24)15-25-12-13-28(6,7)8/h9-11H,12-15H2,1-8H3. The van der Waals surface area contributed by atoms with E-state index in [1.165, 1.54) is 0 Å². The topological polar surface area (TPSA) is 54.0 Å². The maximum absolute atomic E-state index is 13.6. The Morgan fingerprint density at radius 3 is 2.36 bits per heavy atom. The van der Waals surface area contributed by atoms with Gasteiger partial charge in [0.25, 0.3) is 0 Å². The molecule has 0 aromatic heterocycles. The second kappa shape index (κ2) is 7.11. The largest absolute Gasteiger partial charge is 0.624 e. The highest BCUT2D eigenvalue weighted by Gasteiger charge is 2.53. The summed E-state index contributed by atoms with van der Waals surface area (Å²) in [6.07, 6.45) is 0. The van der Waals surface area contributed by atoms with E-state index >= 15 is 0 Å². The van der Waals surface area contributed by atoms with Gasteiger partial charge in [-0.15, -0.1) is 0 Å². The molecule has 6 nitrogen and oxygen atoms in total. The van der Waals surface area contributed by atoms with E-state index in [4.69, 9.17) is 14.0 Å². The Balaban J connectivity index is 1.82. The van der Waals surface area contributed by atoms with E-state index in [0.29, 0.717) is 13.3 Å². The molecule has 8 heteroatoms. The van der Waals surface area contributed by atoms with Gasteiger partial charge in [0, 0.05) is 26.7 Å². The summed E-state index contributed by atoms with van der Waals surface area (Å²) in [6, 6.07) is 6.89. The molecule has 1 unspecified atom stereocenters. The number of quaternary nitrogens is 1. The molecule has 0 N–H and O–H groups in total.